The number of ether oxygens (including phenoxy) is 1. The van der Waals surface area contributed by atoms with Gasteiger partial charge in [-0.15, -0.1) is 0 Å². The van der Waals surface area contributed by atoms with Crippen LogP contribution >= 0.6 is 0 Å². The van der Waals surface area contributed by atoms with E-state index in [4.69, 9.17) is 4.74 Å². The van der Waals surface area contributed by atoms with Gasteiger partial charge in [-0.05, 0) is 48.6 Å². The van der Waals surface area contributed by atoms with Crippen LogP contribution in [-0.4, -0.2) is 30.0 Å². The lowest BCUT2D eigenvalue weighted by atomic mass is 9.92. The molecule has 2 aliphatic rings. The van der Waals surface area contributed by atoms with Gasteiger partial charge in [-0.1, -0.05) is 36.4 Å². The van der Waals surface area contributed by atoms with Crippen molar-refractivity contribution in [1.82, 2.24) is 10.2 Å². The molecule has 1 N–H and O–H groups in total. The quantitative estimate of drug-likeness (QED) is 0.874. The van der Waals surface area contributed by atoms with Crippen molar-refractivity contribution in [2.45, 2.75) is 25.3 Å². The standard InChI is InChI=1S/C20H20N2O3/c1-14-5-4-7-16(13-14)25-12-11-22-18(23)20(21-19(22)24)10-9-15-6-2-3-8-17(15)20/h2-8,13H,9-12H2,1H3,(H,21,24)/t20-/m0/s1. The highest BCUT2D eigenvalue weighted by Crippen LogP contribution is 2.41. The van der Waals surface area contributed by atoms with Gasteiger partial charge >= 0.3 is 6.03 Å². The van der Waals surface area contributed by atoms with Gasteiger partial charge in [0.2, 0.25) is 0 Å². The molecule has 0 bridgehead atoms. The van der Waals surface area contributed by atoms with E-state index in [1.807, 2.05) is 55.5 Å². The van der Waals surface area contributed by atoms with Crippen LogP contribution in [0.15, 0.2) is 48.5 Å². The van der Waals surface area contributed by atoms with E-state index in [9.17, 15) is 9.59 Å². The third kappa shape index (κ3) is 2.56. The Morgan fingerprint density at radius 3 is 2.84 bits per heavy atom. The molecule has 1 fully saturated rings. The Morgan fingerprint density at radius 1 is 1.16 bits per heavy atom. The number of imide groups is 1. The first-order chi connectivity index (χ1) is 12.1. The summed E-state index contributed by atoms with van der Waals surface area (Å²) in [4.78, 5) is 26.7. The maximum Gasteiger partial charge on any atom is 0.325 e. The van der Waals surface area contributed by atoms with Gasteiger partial charge in [0.25, 0.3) is 5.91 Å². The number of nitrogens with one attached hydrogen (secondary N) is 1. The predicted molar refractivity (Wildman–Crippen MR) is 93.4 cm³/mol. The first kappa shape index (κ1) is 15.7. The molecular formula is C20H20N2O3. The number of benzene rings is 2. The van der Waals surface area contributed by atoms with Crippen LogP contribution in [0.5, 0.6) is 5.75 Å². The molecular weight excluding hydrogens is 316 g/mol. The Labute approximate surface area is 146 Å². The van der Waals surface area contributed by atoms with Crippen molar-refractivity contribution < 1.29 is 14.3 Å². The van der Waals surface area contributed by atoms with Crippen LogP contribution in [0, 0.1) is 6.92 Å². The number of hydrogen-bond donors (Lipinski definition) is 1. The van der Waals surface area contributed by atoms with Gasteiger partial charge in [0.05, 0.1) is 6.54 Å². The van der Waals surface area contributed by atoms with E-state index in [1.54, 1.807) is 0 Å². The van der Waals surface area contributed by atoms with Crippen LogP contribution in [0.1, 0.15) is 23.1 Å². The molecule has 0 unspecified atom stereocenters. The molecule has 0 radical (unpaired) electrons. The summed E-state index contributed by atoms with van der Waals surface area (Å²) in [6.07, 6.45) is 1.42. The van der Waals surface area contributed by atoms with E-state index in [0.717, 1.165) is 28.9 Å². The number of fused-ring (bicyclic) bond motifs is 2. The Kier molecular flexibility index (Phi) is 3.71. The molecule has 25 heavy (non-hydrogen) atoms. The number of rotatable bonds is 4. The summed E-state index contributed by atoms with van der Waals surface area (Å²) in [5, 5.41) is 2.92. The summed E-state index contributed by atoms with van der Waals surface area (Å²) in [6, 6.07) is 15.2. The molecule has 0 saturated carbocycles. The molecule has 1 spiro atoms. The lowest BCUT2D eigenvalue weighted by molar-refractivity contribution is -0.131. The van der Waals surface area contributed by atoms with Crippen LogP contribution < -0.4 is 10.1 Å². The summed E-state index contributed by atoms with van der Waals surface area (Å²) < 4.78 is 5.69. The normalized spacial score (nSPS) is 21.6. The average molecular weight is 336 g/mol. The predicted octanol–water partition coefficient (Wildman–Crippen LogP) is 2.77. The lowest BCUT2D eigenvalue weighted by Crippen LogP contribution is -2.42. The minimum Gasteiger partial charge on any atom is -0.492 e. The minimum absolute atomic E-state index is 0.171. The van der Waals surface area contributed by atoms with Gasteiger partial charge in [0.15, 0.2) is 0 Å². The van der Waals surface area contributed by atoms with Gasteiger partial charge in [-0.3, -0.25) is 9.69 Å². The molecule has 2 aromatic carbocycles. The third-order valence-electron chi connectivity index (χ3n) is 5.00. The fourth-order valence-electron chi connectivity index (χ4n) is 3.75. The van der Waals surface area contributed by atoms with Crippen molar-refractivity contribution in [3.63, 3.8) is 0 Å². The Balaban J connectivity index is 1.47. The number of urea groups is 1. The van der Waals surface area contributed by atoms with Crippen LogP contribution in [0.3, 0.4) is 0 Å². The van der Waals surface area contributed by atoms with E-state index in [1.165, 1.54) is 4.90 Å². The highest BCUT2D eigenvalue weighted by atomic mass is 16.5. The Morgan fingerprint density at radius 2 is 2.00 bits per heavy atom. The van der Waals surface area contributed by atoms with Gasteiger partial charge < -0.3 is 10.1 Å². The van der Waals surface area contributed by atoms with E-state index >= 15 is 0 Å². The van der Waals surface area contributed by atoms with Crippen molar-refractivity contribution in [1.29, 1.82) is 0 Å². The summed E-state index contributed by atoms with van der Waals surface area (Å²) in [7, 11) is 0. The largest absolute Gasteiger partial charge is 0.492 e. The molecule has 0 aromatic heterocycles. The molecule has 2 aromatic rings. The van der Waals surface area contributed by atoms with Gasteiger partial charge in [-0.2, -0.15) is 0 Å². The van der Waals surface area contributed by atoms with Crippen LogP contribution in [0.4, 0.5) is 4.79 Å². The second-order valence-corrected chi connectivity index (χ2v) is 6.61. The number of nitrogens with zero attached hydrogens (tertiary/aromatic N) is 1. The summed E-state index contributed by atoms with van der Waals surface area (Å²) in [5.41, 5.74) is 2.27. The molecule has 1 heterocycles. The van der Waals surface area contributed by atoms with Crippen molar-refractivity contribution >= 4 is 11.9 Å². The summed E-state index contributed by atoms with van der Waals surface area (Å²) in [5.74, 6) is 0.572. The van der Waals surface area contributed by atoms with Crippen LogP contribution in [0.25, 0.3) is 0 Å². The van der Waals surface area contributed by atoms with E-state index in [0.29, 0.717) is 6.42 Å². The van der Waals surface area contributed by atoms with Gasteiger partial charge in [0, 0.05) is 0 Å². The zero-order valence-corrected chi connectivity index (χ0v) is 14.1. The maximum atomic E-state index is 13.0. The third-order valence-corrected chi connectivity index (χ3v) is 5.00. The molecule has 128 valence electrons. The first-order valence-corrected chi connectivity index (χ1v) is 8.52. The van der Waals surface area contributed by atoms with E-state index < -0.39 is 5.54 Å². The van der Waals surface area contributed by atoms with Crippen LogP contribution in [0.2, 0.25) is 0 Å². The van der Waals surface area contributed by atoms with Crippen molar-refractivity contribution in [3.05, 3.63) is 65.2 Å². The highest BCUT2D eigenvalue weighted by molar-refractivity contribution is 6.08. The molecule has 3 amide bonds. The van der Waals surface area contributed by atoms with E-state index in [2.05, 4.69) is 5.32 Å². The number of aryl methyl sites for hydroxylation is 2. The maximum absolute atomic E-state index is 13.0. The van der Waals surface area contributed by atoms with Crippen molar-refractivity contribution in [2.24, 2.45) is 0 Å². The average Bonchev–Trinajstić information content (AvgIpc) is 3.09. The SMILES string of the molecule is Cc1cccc(OCCN2C(=O)N[C@]3(CCc4ccccc43)C2=O)c1. The molecule has 1 aliphatic heterocycles. The zero-order valence-electron chi connectivity index (χ0n) is 14.1. The van der Waals surface area contributed by atoms with Crippen molar-refractivity contribution in [3.8, 4) is 5.75 Å². The number of hydrogen-bond acceptors (Lipinski definition) is 3. The first-order valence-electron chi connectivity index (χ1n) is 8.52. The second kappa shape index (κ2) is 5.92. The smallest absolute Gasteiger partial charge is 0.325 e. The van der Waals surface area contributed by atoms with Gasteiger partial charge in [0.1, 0.15) is 17.9 Å². The molecule has 1 aliphatic carbocycles. The fourth-order valence-corrected chi connectivity index (χ4v) is 3.75. The monoisotopic (exact) mass is 336 g/mol. The van der Waals surface area contributed by atoms with Crippen molar-refractivity contribution in [2.75, 3.05) is 13.2 Å². The van der Waals surface area contributed by atoms with E-state index in [-0.39, 0.29) is 25.1 Å². The minimum atomic E-state index is -0.892. The molecule has 1 saturated heterocycles. The topological polar surface area (TPSA) is 58.6 Å². The molecule has 5 nitrogen and oxygen atoms in total. The molecule has 1 atom stereocenters. The summed E-state index contributed by atoms with van der Waals surface area (Å²) >= 11 is 0. The van der Waals surface area contributed by atoms with Gasteiger partial charge in [-0.25, -0.2) is 4.79 Å². The van der Waals surface area contributed by atoms with Crippen LogP contribution in [-0.2, 0) is 16.8 Å². The Bertz CT molecular complexity index is 848. The molecule has 4 rings (SSSR count). The highest BCUT2D eigenvalue weighted by Gasteiger charge is 2.54. The zero-order chi connectivity index (χ0) is 17.4. The number of amides is 3. The second-order valence-electron chi connectivity index (χ2n) is 6.61. The molecule has 5 heteroatoms. The summed E-state index contributed by atoms with van der Waals surface area (Å²) in [6.45, 7) is 2.51. The number of carbonyl (C=O) groups excluding carboxylic acids is 2. The number of carbonyl (C=O) groups is 2. The Hall–Kier alpha value is -2.82. The lowest BCUT2D eigenvalue weighted by Gasteiger charge is -2.22. The fraction of sp³-hybridized carbons (Fsp3) is 0.300.